The number of fused-ring (bicyclic) bond motifs is 1. The summed E-state index contributed by atoms with van der Waals surface area (Å²) in [7, 11) is -2.30. The second-order valence-corrected chi connectivity index (χ2v) is 12.1. The summed E-state index contributed by atoms with van der Waals surface area (Å²) in [5.74, 6) is 1.42. The van der Waals surface area contributed by atoms with Crippen molar-refractivity contribution >= 4 is 27.3 Å². The number of para-hydroxylation sites is 1. The Morgan fingerprint density at radius 2 is 1.81 bits per heavy atom. The highest BCUT2D eigenvalue weighted by molar-refractivity contribution is 7.89. The first-order valence-electron chi connectivity index (χ1n) is 12.1. The van der Waals surface area contributed by atoms with E-state index in [4.69, 9.17) is 9.47 Å². The highest BCUT2D eigenvalue weighted by atomic mass is 32.2. The molecule has 1 atom stereocenters. The molecule has 0 radical (unpaired) electrons. The van der Waals surface area contributed by atoms with E-state index in [0.717, 1.165) is 30.6 Å². The zero-order valence-electron chi connectivity index (χ0n) is 20.2. The zero-order valence-corrected chi connectivity index (χ0v) is 21.8. The maximum atomic E-state index is 13.7. The van der Waals surface area contributed by atoms with Crippen molar-refractivity contribution in [2.75, 3.05) is 33.4 Å². The fourth-order valence-corrected chi connectivity index (χ4v) is 6.93. The molecule has 9 heteroatoms. The lowest BCUT2D eigenvalue weighted by molar-refractivity contribution is -0.135. The number of carbonyl (C=O) groups excluding carboxylic acids is 1. The van der Waals surface area contributed by atoms with Crippen LogP contribution in [0, 0.1) is 5.92 Å². The molecule has 1 aliphatic carbocycles. The largest absolute Gasteiger partial charge is 0.497 e. The quantitative estimate of drug-likeness (QED) is 0.392. The molecular weight excluding hydrogens is 496 g/mol. The Bertz CT molecular complexity index is 1290. The molecule has 5 rings (SSSR count). The van der Waals surface area contributed by atoms with E-state index in [0.29, 0.717) is 31.4 Å². The molecule has 0 saturated heterocycles. The molecule has 3 aromatic rings. The Labute approximate surface area is 216 Å². The summed E-state index contributed by atoms with van der Waals surface area (Å²) < 4.78 is 39.7. The number of amides is 1. The zero-order chi connectivity index (χ0) is 25.1. The monoisotopic (exact) mass is 526 g/mol. The van der Waals surface area contributed by atoms with Gasteiger partial charge in [-0.15, -0.1) is 11.3 Å². The number of hydrogen-bond donors (Lipinski definition) is 0. The van der Waals surface area contributed by atoms with Gasteiger partial charge in [0, 0.05) is 18.0 Å². The van der Waals surface area contributed by atoms with Gasteiger partial charge in [0.1, 0.15) is 18.1 Å². The molecule has 1 aliphatic heterocycles. The van der Waals surface area contributed by atoms with Crippen LogP contribution in [0.4, 0.5) is 0 Å². The highest BCUT2D eigenvalue weighted by Crippen LogP contribution is 2.35. The number of methoxy groups -OCH3 is 1. The highest BCUT2D eigenvalue weighted by Gasteiger charge is 2.37. The van der Waals surface area contributed by atoms with Gasteiger partial charge in [0.05, 0.1) is 24.6 Å². The number of thiophene rings is 1. The van der Waals surface area contributed by atoms with Crippen molar-refractivity contribution in [3.05, 3.63) is 76.5 Å². The smallest absolute Gasteiger partial charge is 0.243 e. The van der Waals surface area contributed by atoms with Crippen molar-refractivity contribution in [3.8, 4) is 11.5 Å². The van der Waals surface area contributed by atoms with Crippen LogP contribution in [-0.4, -0.2) is 56.9 Å². The molecule has 7 nitrogen and oxygen atoms in total. The minimum absolute atomic E-state index is 0.166. The number of carbonyl (C=O) groups is 1. The summed E-state index contributed by atoms with van der Waals surface area (Å²) in [5, 5.41) is 2.04. The fourth-order valence-electron chi connectivity index (χ4n) is 4.54. The second-order valence-electron chi connectivity index (χ2n) is 9.19. The van der Waals surface area contributed by atoms with Crippen LogP contribution >= 0.6 is 11.3 Å². The molecule has 1 unspecified atom stereocenters. The molecule has 2 aliphatic rings. The first-order valence-corrected chi connectivity index (χ1v) is 14.5. The lowest BCUT2D eigenvalue weighted by Crippen LogP contribution is -2.48. The minimum atomic E-state index is -3.84. The molecule has 1 saturated carbocycles. The van der Waals surface area contributed by atoms with Crippen molar-refractivity contribution in [1.29, 1.82) is 0 Å². The standard InChI is InChI=1S/C27H30N2O5S2/c1-33-21-9-11-23(12-10-21)36(31,32)28(17-20-7-8-20)18-27(30)29-15-13-26-24(14-16-35-26)25(29)19-34-22-5-3-2-4-6-22/h2-6,9-12,14,16,20,25H,7-8,13,15,17-19H2,1H3. The van der Waals surface area contributed by atoms with Crippen molar-refractivity contribution in [2.45, 2.75) is 30.2 Å². The Balaban J connectivity index is 1.37. The number of sulfonamides is 1. The van der Waals surface area contributed by atoms with E-state index in [9.17, 15) is 13.2 Å². The van der Waals surface area contributed by atoms with E-state index in [2.05, 4.69) is 6.07 Å². The number of rotatable bonds is 10. The summed E-state index contributed by atoms with van der Waals surface area (Å²) in [4.78, 5) is 16.9. The molecule has 0 bridgehead atoms. The maximum absolute atomic E-state index is 13.7. The molecule has 0 N–H and O–H groups in total. The average Bonchev–Trinajstić information content (AvgIpc) is 3.59. The summed E-state index contributed by atoms with van der Waals surface area (Å²) in [6, 6.07) is 17.6. The van der Waals surface area contributed by atoms with Crippen LogP contribution in [0.1, 0.15) is 29.3 Å². The lowest BCUT2D eigenvalue weighted by atomic mass is 10.0. The Hall–Kier alpha value is -2.88. The molecular formula is C27H30N2O5S2. The van der Waals surface area contributed by atoms with Gasteiger partial charge in [0.15, 0.2) is 0 Å². The van der Waals surface area contributed by atoms with E-state index in [-0.39, 0.29) is 23.4 Å². The van der Waals surface area contributed by atoms with Crippen LogP contribution in [0.15, 0.2) is 70.9 Å². The van der Waals surface area contributed by atoms with Gasteiger partial charge in [-0.25, -0.2) is 8.42 Å². The fraction of sp³-hybridized carbons (Fsp3) is 0.370. The van der Waals surface area contributed by atoms with Crippen LogP contribution in [0.25, 0.3) is 0 Å². The third-order valence-corrected chi connectivity index (χ3v) is 9.56. The Kier molecular flexibility index (Phi) is 7.32. The van der Waals surface area contributed by atoms with Gasteiger partial charge >= 0.3 is 0 Å². The summed E-state index contributed by atoms with van der Waals surface area (Å²) >= 11 is 1.69. The van der Waals surface area contributed by atoms with E-state index < -0.39 is 10.0 Å². The van der Waals surface area contributed by atoms with E-state index in [1.165, 1.54) is 28.4 Å². The van der Waals surface area contributed by atoms with Gasteiger partial charge < -0.3 is 14.4 Å². The van der Waals surface area contributed by atoms with Gasteiger partial charge in [-0.2, -0.15) is 4.31 Å². The van der Waals surface area contributed by atoms with Gasteiger partial charge in [-0.05, 0) is 78.6 Å². The minimum Gasteiger partial charge on any atom is -0.497 e. The van der Waals surface area contributed by atoms with Crippen LogP contribution in [0.3, 0.4) is 0 Å². The number of hydrogen-bond acceptors (Lipinski definition) is 6. The SMILES string of the molecule is COc1ccc(S(=O)(=O)N(CC(=O)N2CCc3sccc3C2COc2ccccc2)CC2CC2)cc1. The Morgan fingerprint density at radius 3 is 2.50 bits per heavy atom. The number of nitrogens with zero attached hydrogens (tertiary/aromatic N) is 2. The van der Waals surface area contributed by atoms with Crippen LogP contribution in [-0.2, 0) is 21.2 Å². The first kappa shape index (κ1) is 24.8. The molecule has 2 aromatic carbocycles. The Morgan fingerprint density at radius 1 is 1.06 bits per heavy atom. The van der Waals surface area contributed by atoms with Crippen LogP contribution in [0.5, 0.6) is 11.5 Å². The van der Waals surface area contributed by atoms with Crippen molar-refractivity contribution in [1.82, 2.24) is 9.21 Å². The molecule has 2 heterocycles. The van der Waals surface area contributed by atoms with Crippen LogP contribution < -0.4 is 9.47 Å². The predicted octanol–water partition coefficient (Wildman–Crippen LogP) is 4.36. The molecule has 1 amide bonds. The summed E-state index contributed by atoms with van der Waals surface area (Å²) in [5.41, 5.74) is 1.09. The molecule has 1 fully saturated rings. The molecule has 190 valence electrons. The second kappa shape index (κ2) is 10.6. The molecule has 1 aromatic heterocycles. The first-order chi connectivity index (χ1) is 17.5. The molecule has 0 spiro atoms. The van der Waals surface area contributed by atoms with Crippen molar-refractivity contribution in [3.63, 3.8) is 0 Å². The van der Waals surface area contributed by atoms with Gasteiger partial charge in [0.2, 0.25) is 15.9 Å². The van der Waals surface area contributed by atoms with Gasteiger partial charge in [-0.1, -0.05) is 18.2 Å². The van der Waals surface area contributed by atoms with E-state index in [1.54, 1.807) is 28.4 Å². The van der Waals surface area contributed by atoms with Gasteiger partial charge in [-0.3, -0.25) is 4.79 Å². The predicted molar refractivity (Wildman–Crippen MR) is 139 cm³/mol. The summed E-state index contributed by atoms with van der Waals surface area (Å²) in [6.07, 6.45) is 2.73. The number of benzene rings is 2. The molecule has 36 heavy (non-hydrogen) atoms. The average molecular weight is 527 g/mol. The third-order valence-electron chi connectivity index (χ3n) is 6.73. The van der Waals surface area contributed by atoms with E-state index >= 15 is 0 Å². The van der Waals surface area contributed by atoms with Crippen molar-refractivity contribution < 1.29 is 22.7 Å². The number of ether oxygens (including phenoxy) is 2. The van der Waals surface area contributed by atoms with Crippen LogP contribution in [0.2, 0.25) is 0 Å². The summed E-state index contributed by atoms with van der Waals surface area (Å²) in [6.45, 7) is 1.01. The van der Waals surface area contributed by atoms with E-state index in [1.807, 2.05) is 35.7 Å². The third kappa shape index (κ3) is 5.43. The normalized spacial score (nSPS) is 17.6. The lowest BCUT2D eigenvalue weighted by Gasteiger charge is -2.37. The topological polar surface area (TPSA) is 76.2 Å². The van der Waals surface area contributed by atoms with Crippen molar-refractivity contribution in [2.24, 2.45) is 5.92 Å². The van der Waals surface area contributed by atoms with Gasteiger partial charge in [0.25, 0.3) is 0 Å². The maximum Gasteiger partial charge on any atom is 0.243 e.